The number of sulfonamides is 1. The first-order valence-electron chi connectivity index (χ1n) is 10.5. The fraction of sp³-hybridized carbons (Fsp3) is 0.435. The van der Waals surface area contributed by atoms with Crippen LogP contribution in [-0.4, -0.2) is 55.6 Å². The average molecular weight is 486 g/mol. The molecule has 0 bridgehead atoms. The number of ketones is 1. The van der Waals surface area contributed by atoms with Crippen molar-refractivity contribution in [1.29, 1.82) is 0 Å². The van der Waals surface area contributed by atoms with E-state index >= 15 is 0 Å². The third-order valence-corrected chi connectivity index (χ3v) is 7.93. The molecule has 1 aliphatic heterocycles. The van der Waals surface area contributed by atoms with Crippen molar-refractivity contribution in [3.8, 4) is 5.75 Å². The van der Waals surface area contributed by atoms with E-state index in [0.29, 0.717) is 5.56 Å². The van der Waals surface area contributed by atoms with E-state index in [1.165, 1.54) is 40.7 Å². The summed E-state index contributed by atoms with van der Waals surface area (Å²) in [5.41, 5.74) is -0.498. The maximum Gasteiger partial charge on any atom is 0.425 e. The Morgan fingerprint density at radius 3 is 2.18 bits per heavy atom. The summed E-state index contributed by atoms with van der Waals surface area (Å²) in [5.74, 6) is -0.202. The zero-order valence-corrected chi connectivity index (χ0v) is 18.9. The van der Waals surface area contributed by atoms with Gasteiger partial charge in [-0.15, -0.1) is 0 Å². The molecule has 1 unspecified atom stereocenters. The Balaban J connectivity index is 1.64. The monoisotopic (exact) mass is 485 g/mol. The predicted octanol–water partition coefficient (Wildman–Crippen LogP) is 3.59. The van der Waals surface area contributed by atoms with E-state index in [2.05, 4.69) is 0 Å². The second kappa shape index (κ2) is 9.82. The van der Waals surface area contributed by atoms with Crippen molar-refractivity contribution in [3.63, 3.8) is 0 Å². The van der Waals surface area contributed by atoms with Crippen LogP contribution < -0.4 is 4.74 Å². The topological polar surface area (TPSA) is 83.9 Å². The van der Waals surface area contributed by atoms with Crippen molar-refractivity contribution in [1.82, 2.24) is 4.31 Å². The Hall–Kier alpha value is -2.43. The predicted molar refractivity (Wildman–Crippen MR) is 115 cm³/mol. The van der Waals surface area contributed by atoms with Gasteiger partial charge in [-0.3, -0.25) is 4.79 Å². The highest BCUT2D eigenvalue weighted by atomic mass is 32.2. The van der Waals surface area contributed by atoms with Gasteiger partial charge in [-0.05, 0) is 49.6 Å². The maximum absolute atomic E-state index is 13.0. The number of aliphatic hydroxyl groups excluding tert-OH is 1. The van der Waals surface area contributed by atoms with Crippen molar-refractivity contribution in [2.24, 2.45) is 5.41 Å². The quantitative estimate of drug-likeness (QED) is 0.618. The molecule has 2 aromatic carbocycles. The van der Waals surface area contributed by atoms with Crippen LogP contribution in [0.3, 0.4) is 0 Å². The van der Waals surface area contributed by atoms with E-state index in [-0.39, 0.29) is 48.8 Å². The molecule has 1 fully saturated rings. The average Bonchev–Trinajstić information content (AvgIpc) is 2.80. The van der Waals surface area contributed by atoms with Gasteiger partial charge in [-0.1, -0.05) is 30.3 Å². The lowest BCUT2D eigenvalue weighted by Crippen LogP contribution is -2.48. The molecule has 0 saturated carbocycles. The molecule has 0 amide bonds. The van der Waals surface area contributed by atoms with Crippen LogP contribution in [0.15, 0.2) is 59.5 Å². The molecule has 0 spiro atoms. The van der Waals surface area contributed by atoms with Gasteiger partial charge in [0.05, 0.1) is 16.9 Å². The van der Waals surface area contributed by atoms with Crippen LogP contribution in [0.5, 0.6) is 5.75 Å². The Labute approximate surface area is 191 Å². The molecule has 1 heterocycles. The molecule has 1 N–H and O–H groups in total. The molecule has 0 radical (unpaired) electrons. The van der Waals surface area contributed by atoms with Crippen LogP contribution in [0.4, 0.5) is 13.2 Å². The van der Waals surface area contributed by atoms with Gasteiger partial charge >= 0.3 is 6.18 Å². The number of aliphatic hydroxyl groups is 1. The van der Waals surface area contributed by atoms with Crippen LogP contribution in [-0.2, 0) is 21.2 Å². The lowest BCUT2D eigenvalue weighted by atomic mass is 9.74. The van der Waals surface area contributed by atoms with Crippen molar-refractivity contribution in [3.05, 3.63) is 60.2 Å². The molecule has 0 aliphatic carbocycles. The molecule has 6 nitrogen and oxygen atoms in total. The van der Waals surface area contributed by atoms with Gasteiger partial charge in [-0.25, -0.2) is 8.42 Å². The first-order chi connectivity index (χ1) is 15.5. The molecule has 1 saturated heterocycles. The second-order valence-corrected chi connectivity index (χ2v) is 10.1. The smallest absolute Gasteiger partial charge is 0.425 e. The maximum atomic E-state index is 13.0. The minimum Gasteiger partial charge on any atom is -0.481 e. The normalized spacial score (nSPS) is 18.0. The molecule has 1 aliphatic rings. The van der Waals surface area contributed by atoms with Crippen LogP contribution in [0.2, 0.25) is 0 Å². The number of hydrogen-bond acceptors (Lipinski definition) is 5. The molecule has 180 valence electrons. The number of nitrogens with zero attached hydrogens (tertiary/aromatic N) is 1. The van der Waals surface area contributed by atoms with Crippen molar-refractivity contribution >= 4 is 15.8 Å². The summed E-state index contributed by atoms with van der Waals surface area (Å²) in [4.78, 5) is 13.2. The summed E-state index contributed by atoms with van der Waals surface area (Å²) in [6.07, 6.45) is -6.11. The van der Waals surface area contributed by atoms with E-state index in [0.717, 1.165) is 6.92 Å². The van der Waals surface area contributed by atoms with E-state index in [1.807, 2.05) is 0 Å². The van der Waals surface area contributed by atoms with Crippen LogP contribution in [0, 0.1) is 5.41 Å². The minimum absolute atomic E-state index is 0.0267. The summed E-state index contributed by atoms with van der Waals surface area (Å²) >= 11 is 0. The third-order valence-electron chi connectivity index (χ3n) is 6.02. The van der Waals surface area contributed by atoms with Crippen molar-refractivity contribution < 1.29 is 36.2 Å². The standard InChI is InChI=1S/C23H26F3NO5S/c1-17(23(24,25)26)32-19-9-7-18(8-10-19)15-21(29)22(16-28)11-13-27(14-12-22)33(30,31)20-5-3-2-4-6-20/h2-10,17,28H,11-16H2,1H3. The molecule has 0 aromatic heterocycles. The lowest BCUT2D eigenvalue weighted by molar-refractivity contribution is -0.189. The van der Waals surface area contributed by atoms with E-state index in [4.69, 9.17) is 4.74 Å². The number of carbonyl (C=O) groups excluding carboxylic acids is 1. The number of rotatable bonds is 8. The Kier molecular flexibility index (Phi) is 7.50. The largest absolute Gasteiger partial charge is 0.481 e. The number of piperidine rings is 1. The summed E-state index contributed by atoms with van der Waals surface area (Å²) < 4.78 is 69.7. The fourth-order valence-electron chi connectivity index (χ4n) is 3.75. The number of hydrogen-bond donors (Lipinski definition) is 1. The molecular formula is C23H26F3NO5S. The summed E-state index contributed by atoms with van der Waals surface area (Å²) in [6.45, 7) is 0.708. The number of halogens is 3. The number of ether oxygens (including phenoxy) is 1. The van der Waals surface area contributed by atoms with Crippen LogP contribution in [0.1, 0.15) is 25.3 Å². The van der Waals surface area contributed by atoms with Gasteiger partial charge in [0.2, 0.25) is 10.0 Å². The van der Waals surface area contributed by atoms with Gasteiger partial charge in [0.25, 0.3) is 0 Å². The van der Waals surface area contributed by atoms with Crippen molar-refractivity contribution in [2.75, 3.05) is 19.7 Å². The summed E-state index contributed by atoms with van der Waals surface area (Å²) in [7, 11) is -3.68. The lowest BCUT2D eigenvalue weighted by Gasteiger charge is -2.39. The van der Waals surface area contributed by atoms with Gasteiger partial charge in [-0.2, -0.15) is 17.5 Å². The van der Waals surface area contributed by atoms with Gasteiger partial charge in [0.15, 0.2) is 6.10 Å². The molecule has 33 heavy (non-hydrogen) atoms. The Morgan fingerprint density at radius 2 is 1.67 bits per heavy atom. The van der Waals surface area contributed by atoms with Gasteiger partial charge in [0, 0.05) is 19.5 Å². The molecule has 3 rings (SSSR count). The number of alkyl halides is 3. The SMILES string of the molecule is CC(Oc1ccc(CC(=O)C2(CO)CCN(S(=O)(=O)c3ccccc3)CC2)cc1)C(F)(F)F. The number of Topliss-reactive ketones (excluding diaryl/α,β-unsaturated/α-hetero) is 1. The fourth-order valence-corrected chi connectivity index (χ4v) is 5.21. The highest BCUT2D eigenvalue weighted by Crippen LogP contribution is 2.35. The Bertz CT molecular complexity index is 1050. The van der Waals surface area contributed by atoms with E-state index in [1.54, 1.807) is 18.2 Å². The minimum atomic E-state index is -4.48. The number of benzene rings is 2. The first kappa shape index (κ1) is 25.2. The molecular weight excluding hydrogens is 459 g/mol. The van der Waals surface area contributed by atoms with Crippen LogP contribution >= 0.6 is 0 Å². The summed E-state index contributed by atoms with van der Waals surface area (Å²) in [5, 5.41) is 10.0. The zero-order valence-electron chi connectivity index (χ0n) is 18.1. The number of carbonyl (C=O) groups is 1. The van der Waals surface area contributed by atoms with Crippen molar-refractivity contribution in [2.45, 2.75) is 43.4 Å². The van der Waals surface area contributed by atoms with Gasteiger partial charge < -0.3 is 9.84 Å². The molecule has 10 heteroatoms. The second-order valence-electron chi connectivity index (χ2n) is 8.20. The third kappa shape index (κ3) is 5.74. The first-order valence-corrected chi connectivity index (χ1v) is 11.9. The van der Waals surface area contributed by atoms with E-state index in [9.17, 15) is 31.5 Å². The zero-order chi connectivity index (χ0) is 24.3. The van der Waals surface area contributed by atoms with E-state index < -0.39 is 34.3 Å². The summed E-state index contributed by atoms with van der Waals surface area (Å²) in [6, 6.07) is 13.8. The highest BCUT2D eigenvalue weighted by molar-refractivity contribution is 7.89. The van der Waals surface area contributed by atoms with Crippen LogP contribution in [0.25, 0.3) is 0 Å². The molecule has 1 atom stereocenters. The Morgan fingerprint density at radius 1 is 1.09 bits per heavy atom. The van der Waals surface area contributed by atoms with Gasteiger partial charge in [0.1, 0.15) is 11.5 Å². The highest BCUT2D eigenvalue weighted by Gasteiger charge is 2.43. The molecule has 2 aromatic rings.